The number of thioether (sulfide) groups is 1. The van der Waals surface area contributed by atoms with Crippen LogP contribution in [0.1, 0.15) is 192 Å². The van der Waals surface area contributed by atoms with Crippen LogP contribution in [0.2, 0.25) is 65.0 Å². The monoisotopic (exact) mass is 1960 g/mol. The number of nitrogens with two attached hydrogens (primary N) is 1. The van der Waals surface area contributed by atoms with Crippen molar-refractivity contribution < 1.29 is 71.4 Å². The standard InChI is InChI=1S/C82H117N15O15S5Se2Si3/c1-21-37-109-78(107)84-45(5)66(100)97-82-36-35-52(73-89-54(39-113-73)67(101)87-59(44-119-51-33-29-26-30-34-51)71(105)86-58(65(83)99)43-118-50-31-27-25-28-32-50)85-63(82)53-38-114-74(88-53)60(46(6)98)93-68(102)55-41-116-76(91-55)64(81(16,108)49(9)112-121(19,20)80(13,14)15)96-70(104)56-40-115-75(90-56)62(48(8)111-122(22-2,23-3)24-4)95-72(106)61(47(7)110-120(17,18)79(10,11)12)94-69(103)57-42-117-77(82)92-57/h21,25-34,38-39,41-42,45-49,56,58-64,98,108H,1,22-24,35-37,40,43-44H2,2-20H3,(H2,83,99)(H,84,107)(H,86,105)(H,87,101)(H,93,102)(H,94,103)(H,95,106)(H,96,104)(H,97,100)/t45-,46+,47+,48+,49+,56+,58+,59+,60-,61-,62-,63+,64+,81+,82+/m0/s1. The van der Waals surface area contributed by atoms with Crippen molar-refractivity contribution in [3.05, 3.63) is 138 Å². The Morgan fingerprint density at radius 1 is 0.664 bits per heavy atom. The van der Waals surface area contributed by atoms with E-state index in [1.165, 1.54) is 47.8 Å². The van der Waals surface area contributed by atoms with Crippen LogP contribution in [0.5, 0.6) is 0 Å². The summed E-state index contributed by atoms with van der Waals surface area (Å²) in [6.45, 7) is 40.0. The molecule has 6 aromatic rings. The van der Waals surface area contributed by atoms with Crippen molar-refractivity contribution in [1.82, 2.24) is 62.5 Å². The summed E-state index contributed by atoms with van der Waals surface area (Å²) in [7, 11) is -7.93. The third-order valence-electron chi connectivity index (χ3n) is 23.1. The smallest absolute Gasteiger partial charge is 0.412 e. The molecule has 0 spiro atoms. The van der Waals surface area contributed by atoms with Crippen LogP contribution in [-0.4, -0.2) is 228 Å². The molecule has 7 heterocycles. The number of aliphatic hydroxyl groups excluding tert-OH is 1. The maximum absolute atomic E-state index is 15.9. The number of hydrogen-bond acceptors (Lipinski definition) is 26. The normalized spacial score (nSPS) is 21.9. The van der Waals surface area contributed by atoms with E-state index in [2.05, 4.69) is 111 Å². The van der Waals surface area contributed by atoms with Crippen molar-refractivity contribution in [3.63, 3.8) is 0 Å². The predicted octanol–water partition coefficient (Wildman–Crippen LogP) is 9.22. The number of aromatic nitrogens is 4. The van der Waals surface area contributed by atoms with Crippen molar-refractivity contribution in [3.8, 4) is 0 Å². The van der Waals surface area contributed by atoms with Crippen LogP contribution in [-0.2, 0) is 47.5 Å². The van der Waals surface area contributed by atoms with Gasteiger partial charge in [-0.2, -0.15) is 0 Å². The molecule has 0 saturated heterocycles. The average Bonchev–Trinajstić information content (AvgIpc) is 1.43. The van der Waals surface area contributed by atoms with Gasteiger partial charge in [0, 0.05) is 16.5 Å². The van der Waals surface area contributed by atoms with Gasteiger partial charge in [0.1, 0.15) is 69.9 Å². The fourth-order valence-electron chi connectivity index (χ4n) is 13.3. The third kappa shape index (κ3) is 24.4. The first-order valence-corrected chi connectivity index (χ1v) is 57.7. The Kier molecular flexibility index (Phi) is 34.0. The van der Waals surface area contributed by atoms with Gasteiger partial charge in [-0.15, -0.1) is 45.8 Å². The van der Waals surface area contributed by atoms with E-state index in [1.54, 1.807) is 26.2 Å². The molecule has 0 fully saturated rings. The number of aliphatic hydroxyl groups is 2. The minimum absolute atomic E-state index is 0.0165. The first-order valence-electron chi connectivity index (χ1n) is 40.7. The number of carbonyl (C=O) groups is 9. The molecule has 3 aliphatic rings. The summed E-state index contributed by atoms with van der Waals surface area (Å²) in [5, 5.41) is 55.5. The molecule has 4 aromatic heterocycles. The number of fused-ring (bicyclic) bond motifs is 10. The number of nitrogens with zero attached hydrogens (tertiary/aromatic N) is 6. The van der Waals surface area contributed by atoms with Crippen LogP contribution in [0.25, 0.3) is 0 Å². The number of amides is 9. The molecule has 0 unspecified atom stereocenters. The second-order valence-corrected chi connectivity index (χ2v) is 57.3. The average molecular weight is 1960 g/mol. The van der Waals surface area contributed by atoms with Gasteiger partial charge in [0.05, 0.1) is 29.5 Å². The van der Waals surface area contributed by atoms with E-state index in [9.17, 15) is 29.4 Å². The topological polar surface area (TPSA) is 430 Å². The number of carbonyl (C=O) groups excluding carboxylic acids is 9. The van der Waals surface area contributed by atoms with Crippen LogP contribution in [0, 0.1) is 0 Å². The van der Waals surface area contributed by atoms with Crippen molar-refractivity contribution >= 4 is 185 Å². The Morgan fingerprint density at radius 2 is 1.24 bits per heavy atom. The van der Waals surface area contributed by atoms with Crippen LogP contribution in [0.15, 0.2) is 105 Å². The Morgan fingerprint density at radius 3 is 1.83 bits per heavy atom. The molecule has 122 heavy (non-hydrogen) atoms. The van der Waals surface area contributed by atoms with Gasteiger partial charge in [0.2, 0.25) is 17.7 Å². The van der Waals surface area contributed by atoms with Gasteiger partial charge < -0.3 is 54.8 Å². The Bertz CT molecular complexity index is 4760. The number of thiazole rings is 4. The summed E-state index contributed by atoms with van der Waals surface area (Å²) in [6.07, 6.45) is -3.75. The van der Waals surface area contributed by atoms with Crippen LogP contribution in [0.4, 0.5) is 4.79 Å². The molecule has 0 aliphatic carbocycles. The molecule has 12 N–H and O–H groups in total. The summed E-state index contributed by atoms with van der Waals surface area (Å²) >= 11 is 4.75. The van der Waals surface area contributed by atoms with Crippen molar-refractivity contribution in [2.45, 2.75) is 272 Å². The first-order chi connectivity index (χ1) is 57.3. The van der Waals surface area contributed by atoms with Gasteiger partial charge in [0.15, 0.2) is 25.0 Å². The van der Waals surface area contributed by atoms with Gasteiger partial charge in [-0.3, -0.25) is 29.0 Å². The van der Waals surface area contributed by atoms with E-state index in [-0.39, 0.29) is 119 Å². The SMILES string of the molecule is C=CCOC(=O)N[C@@H](C)C(=O)N[C@]12CCC(c3nc(C(=O)N[C@H](C[Se]c4ccccc4)C(=O)N[C@H](C[Se]c4ccccc4)C(N)=O)cs3)=N[C@@H]1c1csc(n1)[C@H]([C@@H](C)O)NC(=O)c1csc(n1)[C@H]([C@](C)(O)[C@@H](C)O[Si](C)(C)C(C)(C)C)NC(=O)[C@H]1CSC(=N1)[C@H]([C@@H](C)O[Si](CC)(CC)CC)NC(=O)[C@H]([C@@H](C)O[Si](C)(C)C(C)(C)C)NC(=O)c1csc2n1. The quantitative estimate of drug-likeness (QED) is 0.0143. The molecule has 9 amide bonds. The number of primary amides is 1. The molecule has 664 valence electrons. The second kappa shape index (κ2) is 42.0. The number of benzene rings is 2. The van der Waals surface area contributed by atoms with E-state index in [1.807, 2.05) is 93.8 Å². The van der Waals surface area contributed by atoms with Gasteiger partial charge in [-0.05, 0) is 95.9 Å². The summed E-state index contributed by atoms with van der Waals surface area (Å²) in [5.41, 5.74) is 2.18. The van der Waals surface area contributed by atoms with Gasteiger partial charge in [-0.1, -0.05) is 75.0 Å². The molecule has 30 nitrogen and oxygen atoms in total. The fourth-order valence-corrected chi connectivity index (χ4v) is 28.0. The summed E-state index contributed by atoms with van der Waals surface area (Å²) in [4.78, 5) is 163. The number of alkyl carbamates (subject to hydrolysis) is 1. The molecule has 0 saturated carbocycles. The molecular formula is C82H117N15O15S5Se2Si3. The third-order valence-corrected chi connectivity index (χ3v) is 46.6. The minimum atomic E-state index is -2.79. The molecule has 9 rings (SSSR count). The zero-order valence-corrected chi connectivity index (χ0v) is 83.1. The number of aliphatic imine (C=N–C) groups is 2. The zero-order chi connectivity index (χ0) is 89.8. The van der Waals surface area contributed by atoms with Gasteiger partial charge in [0.25, 0.3) is 11.8 Å². The fraction of sp³-hybridized carbons (Fsp3) is 0.549. The van der Waals surface area contributed by atoms with Crippen LogP contribution >= 0.6 is 57.1 Å². The Hall–Kier alpha value is -7.09. The first kappa shape index (κ1) is 98.7. The van der Waals surface area contributed by atoms with Gasteiger partial charge in [-0.25, -0.2) is 14.8 Å². The summed E-state index contributed by atoms with van der Waals surface area (Å²) < 4.78 is 28.3. The predicted molar refractivity (Wildman–Crippen MR) is 490 cm³/mol. The summed E-state index contributed by atoms with van der Waals surface area (Å²) in [5.74, 6) is -5.61. The molecule has 15 atom stereocenters. The Balaban J connectivity index is 1.21. The van der Waals surface area contributed by atoms with Crippen molar-refractivity contribution in [2.75, 3.05) is 12.4 Å². The number of ether oxygens (including phenoxy) is 1. The van der Waals surface area contributed by atoms with Gasteiger partial charge >= 0.3 is 271 Å². The number of nitrogens with one attached hydrogen (secondary N) is 8. The summed E-state index contributed by atoms with van der Waals surface area (Å²) in [6, 6.07) is 10.2. The zero-order valence-electron chi connectivity index (χ0n) is 72.6. The van der Waals surface area contributed by atoms with E-state index >= 15 is 24.0 Å². The van der Waals surface area contributed by atoms with E-state index in [4.69, 9.17) is 53.7 Å². The van der Waals surface area contributed by atoms with Crippen molar-refractivity contribution in [2.24, 2.45) is 15.7 Å². The molecule has 0 radical (unpaired) electrons. The molecular weight excluding hydrogens is 1840 g/mol. The molecule has 8 bridgehead atoms. The van der Waals surface area contributed by atoms with E-state index in [0.29, 0.717) is 10.8 Å². The number of rotatable bonds is 31. The number of hydrogen-bond donors (Lipinski definition) is 11. The van der Waals surface area contributed by atoms with Crippen LogP contribution < -0.4 is 57.2 Å². The second-order valence-electron chi connectivity index (χ2n) is 33.9. The van der Waals surface area contributed by atoms with Crippen molar-refractivity contribution in [1.29, 1.82) is 0 Å². The maximum atomic E-state index is 15.9. The molecule has 2 aromatic carbocycles. The molecule has 40 heteroatoms. The van der Waals surface area contributed by atoms with E-state index in [0.717, 1.165) is 72.4 Å². The molecule has 3 aliphatic heterocycles. The minimum Gasteiger partial charge on any atom is -0.412 e. The van der Waals surface area contributed by atoms with Crippen LogP contribution in [0.3, 0.4) is 0 Å². The Labute approximate surface area is 750 Å². The van der Waals surface area contributed by atoms with E-state index < -0.39 is 168 Å².